The van der Waals surface area contributed by atoms with Gasteiger partial charge in [0.25, 0.3) is 0 Å². The first-order chi connectivity index (χ1) is 8.10. The van der Waals surface area contributed by atoms with Crippen molar-refractivity contribution in [1.82, 2.24) is 5.32 Å². The molecule has 0 spiro atoms. The smallest absolute Gasteiger partial charge is 0.0348 e. The molecule has 0 aliphatic rings. The van der Waals surface area contributed by atoms with Gasteiger partial charge >= 0.3 is 0 Å². The minimum absolute atomic E-state index is 0.500. The third-order valence-electron chi connectivity index (χ3n) is 3.51. The number of benzene rings is 1. The fraction of sp³-hybridized carbons (Fsp3) is 0.625. The van der Waals surface area contributed by atoms with Crippen molar-refractivity contribution in [1.29, 1.82) is 0 Å². The van der Waals surface area contributed by atoms with Gasteiger partial charge in [-0.1, -0.05) is 51.0 Å². The first-order valence-electron chi connectivity index (χ1n) is 6.90. The molecule has 2 unspecified atom stereocenters. The monoisotopic (exact) mass is 233 g/mol. The molecule has 0 saturated carbocycles. The zero-order valence-electron chi connectivity index (χ0n) is 12.0. The fourth-order valence-corrected chi connectivity index (χ4v) is 2.55. The molecule has 1 N–H and O–H groups in total. The van der Waals surface area contributed by atoms with Gasteiger partial charge in [0, 0.05) is 6.04 Å². The van der Waals surface area contributed by atoms with E-state index in [9.17, 15) is 0 Å². The molecule has 17 heavy (non-hydrogen) atoms. The highest BCUT2D eigenvalue weighted by Crippen LogP contribution is 2.28. The van der Waals surface area contributed by atoms with Gasteiger partial charge < -0.3 is 5.32 Å². The Labute approximate surface area is 107 Å². The Morgan fingerprint density at radius 3 is 2.47 bits per heavy atom. The van der Waals surface area contributed by atoms with Gasteiger partial charge in [0.2, 0.25) is 0 Å². The second-order valence-electron chi connectivity index (χ2n) is 5.16. The first kappa shape index (κ1) is 14.2. The van der Waals surface area contributed by atoms with Gasteiger partial charge in [-0.25, -0.2) is 0 Å². The van der Waals surface area contributed by atoms with Crippen LogP contribution in [0.1, 0.15) is 56.3 Å². The average molecular weight is 233 g/mol. The van der Waals surface area contributed by atoms with Crippen LogP contribution in [-0.2, 0) is 0 Å². The molecule has 0 aliphatic carbocycles. The molecule has 1 rings (SSSR count). The van der Waals surface area contributed by atoms with Crippen LogP contribution < -0.4 is 5.32 Å². The van der Waals surface area contributed by atoms with E-state index in [1.807, 2.05) is 0 Å². The van der Waals surface area contributed by atoms with Gasteiger partial charge in [-0.3, -0.25) is 0 Å². The number of hydrogen-bond acceptors (Lipinski definition) is 1. The Kier molecular flexibility index (Phi) is 5.70. The van der Waals surface area contributed by atoms with Gasteiger partial charge in [-0.2, -0.15) is 0 Å². The number of aryl methyl sites for hydroxylation is 2. The maximum Gasteiger partial charge on any atom is 0.0348 e. The maximum atomic E-state index is 3.65. The molecule has 96 valence electrons. The third kappa shape index (κ3) is 3.85. The van der Waals surface area contributed by atoms with E-state index in [1.54, 1.807) is 0 Å². The largest absolute Gasteiger partial charge is 0.310 e. The highest BCUT2D eigenvalue weighted by Gasteiger charge is 2.19. The van der Waals surface area contributed by atoms with Crippen LogP contribution in [0.5, 0.6) is 0 Å². The van der Waals surface area contributed by atoms with Gasteiger partial charge in [0.05, 0.1) is 0 Å². The lowest BCUT2D eigenvalue weighted by Gasteiger charge is -2.27. The van der Waals surface area contributed by atoms with E-state index < -0.39 is 0 Å². The molecule has 0 bridgehead atoms. The molecule has 0 heterocycles. The molecule has 1 heteroatoms. The van der Waals surface area contributed by atoms with E-state index in [0.29, 0.717) is 12.0 Å². The molecule has 0 saturated heterocycles. The Balaban J connectivity index is 2.99. The summed E-state index contributed by atoms with van der Waals surface area (Å²) in [6.45, 7) is 12.2. The predicted octanol–water partition coefficient (Wildman–Crippen LogP) is 4.39. The normalized spacial score (nSPS) is 14.6. The van der Waals surface area contributed by atoms with Crippen molar-refractivity contribution in [3.05, 3.63) is 34.9 Å². The van der Waals surface area contributed by atoms with E-state index >= 15 is 0 Å². The molecule has 0 aromatic heterocycles. The summed E-state index contributed by atoms with van der Waals surface area (Å²) in [4.78, 5) is 0. The Morgan fingerprint density at radius 1 is 1.18 bits per heavy atom. The second kappa shape index (κ2) is 6.80. The summed E-state index contributed by atoms with van der Waals surface area (Å²) >= 11 is 0. The minimum atomic E-state index is 0.500. The van der Waals surface area contributed by atoms with E-state index in [-0.39, 0.29) is 0 Å². The van der Waals surface area contributed by atoms with Crippen LogP contribution >= 0.6 is 0 Å². The SMILES string of the molecule is CCCC(C)C(NCC)c1cc(C)ccc1C. The van der Waals surface area contributed by atoms with Crippen LogP contribution in [0, 0.1) is 19.8 Å². The van der Waals surface area contributed by atoms with E-state index in [2.05, 4.69) is 58.1 Å². The molecule has 1 aromatic rings. The topological polar surface area (TPSA) is 12.0 Å². The van der Waals surface area contributed by atoms with Crippen molar-refractivity contribution in [2.24, 2.45) is 5.92 Å². The van der Waals surface area contributed by atoms with Gasteiger partial charge in [-0.05, 0) is 43.9 Å². The molecule has 2 atom stereocenters. The highest BCUT2D eigenvalue weighted by molar-refractivity contribution is 5.33. The summed E-state index contributed by atoms with van der Waals surface area (Å²) in [6.07, 6.45) is 2.54. The predicted molar refractivity (Wildman–Crippen MR) is 76.4 cm³/mol. The molecular weight excluding hydrogens is 206 g/mol. The van der Waals surface area contributed by atoms with Crippen molar-refractivity contribution in [3.63, 3.8) is 0 Å². The van der Waals surface area contributed by atoms with Crippen LogP contribution in [0.15, 0.2) is 18.2 Å². The summed E-state index contributed by atoms with van der Waals surface area (Å²) in [6, 6.07) is 7.29. The Morgan fingerprint density at radius 2 is 1.88 bits per heavy atom. The standard InChI is InChI=1S/C16H27N/c1-6-8-14(5)16(17-7-2)15-11-12(3)9-10-13(15)4/h9-11,14,16-17H,6-8H2,1-5H3. The van der Waals surface area contributed by atoms with Gasteiger partial charge in [0.15, 0.2) is 0 Å². The lowest BCUT2D eigenvalue weighted by atomic mass is 9.88. The molecule has 1 nitrogen and oxygen atoms in total. The molecule has 0 amide bonds. The minimum Gasteiger partial charge on any atom is -0.310 e. The van der Waals surface area contributed by atoms with Crippen molar-refractivity contribution in [2.45, 2.75) is 53.5 Å². The molecule has 0 fully saturated rings. The fourth-order valence-electron chi connectivity index (χ4n) is 2.55. The average Bonchev–Trinajstić information content (AvgIpc) is 2.30. The van der Waals surface area contributed by atoms with Crippen LogP contribution in [0.2, 0.25) is 0 Å². The van der Waals surface area contributed by atoms with Crippen molar-refractivity contribution < 1.29 is 0 Å². The van der Waals surface area contributed by atoms with Crippen LogP contribution in [0.25, 0.3) is 0 Å². The Bertz CT molecular complexity index is 343. The number of rotatable bonds is 6. The second-order valence-corrected chi connectivity index (χ2v) is 5.16. The maximum absolute atomic E-state index is 3.65. The molecule has 1 aromatic carbocycles. The first-order valence-corrected chi connectivity index (χ1v) is 6.90. The molecule has 0 aliphatic heterocycles. The van der Waals surface area contributed by atoms with Crippen molar-refractivity contribution in [3.8, 4) is 0 Å². The summed E-state index contributed by atoms with van der Waals surface area (Å²) in [5, 5.41) is 3.65. The summed E-state index contributed by atoms with van der Waals surface area (Å²) in [7, 11) is 0. The van der Waals surface area contributed by atoms with E-state index in [1.165, 1.54) is 29.5 Å². The lowest BCUT2D eigenvalue weighted by molar-refractivity contribution is 0.368. The number of hydrogen-bond donors (Lipinski definition) is 1. The quantitative estimate of drug-likeness (QED) is 0.768. The van der Waals surface area contributed by atoms with Crippen LogP contribution in [-0.4, -0.2) is 6.54 Å². The summed E-state index contributed by atoms with van der Waals surface area (Å²) in [5.41, 5.74) is 4.24. The number of nitrogens with one attached hydrogen (secondary N) is 1. The van der Waals surface area contributed by atoms with Gasteiger partial charge in [0.1, 0.15) is 0 Å². The third-order valence-corrected chi connectivity index (χ3v) is 3.51. The molecular formula is C16H27N. The highest BCUT2D eigenvalue weighted by atomic mass is 14.9. The summed E-state index contributed by atoms with van der Waals surface area (Å²) in [5.74, 6) is 0.695. The zero-order chi connectivity index (χ0) is 12.8. The Hall–Kier alpha value is -0.820. The summed E-state index contributed by atoms with van der Waals surface area (Å²) < 4.78 is 0. The van der Waals surface area contributed by atoms with Crippen LogP contribution in [0.3, 0.4) is 0 Å². The van der Waals surface area contributed by atoms with Crippen molar-refractivity contribution in [2.75, 3.05) is 6.54 Å². The van der Waals surface area contributed by atoms with Gasteiger partial charge in [-0.15, -0.1) is 0 Å². The molecule has 0 radical (unpaired) electrons. The van der Waals surface area contributed by atoms with E-state index in [4.69, 9.17) is 0 Å². The van der Waals surface area contributed by atoms with E-state index in [0.717, 1.165) is 6.54 Å². The lowest BCUT2D eigenvalue weighted by Crippen LogP contribution is -2.27. The van der Waals surface area contributed by atoms with Crippen molar-refractivity contribution >= 4 is 0 Å². The zero-order valence-corrected chi connectivity index (χ0v) is 12.0. The van der Waals surface area contributed by atoms with Crippen LogP contribution in [0.4, 0.5) is 0 Å².